The third kappa shape index (κ3) is 4.90. The fourth-order valence-corrected chi connectivity index (χ4v) is 4.32. The van der Waals surface area contributed by atoms with Crippen molar-refractivity contribution in [1.82, 2.24) is 14.8 Å². The fraction of sp³-hybridized carbons (Fsp3) is 0.217. The van der Waals surface area contributed by atoms with Crippen LogP contribution >= 0.6 is 11.6 Å². The molecule has 4 rings (SSSR count). The predicted molar refractivity (Wildman–Crippen MR) is 126 cm³/mol. The molecule has 12 heteroatoms. The second-order valence-electron chi connectivity index (χ2n) is 8.03. The predicted octanol–water partition coefficient (Wildman–Crippen LogP) is 3.11. The molecule has 0 bridgehead atoms. The molecular weight excluding hydrogens is 481 g/mol. The molecule has 3 atom stereocenters. The lowest BCUT2D eigenvalue weighted by molar-refractivity contribution is -0.142. The second kappa shape index (κ2) is 9.63. The monoisotopic (exact) mass is 501 g/mol. The first-order chi connectivity index (χ1) is 16.7. The lowest BCUT2D eigenvalue weighted by Gasteiger charge is -2.25. The number of aromatic nitrogens is 1. The number of anilines is 1. The summed E-state index contributed by atoms with van der Waals surface area (Å²) < 4.78 is 15.5. The number of para-hydroxylation sites is 1. The Labute approximate surface area is 203 Å². The van der Waals surface area contributed by atoms with Crippen LogP contribution in [0.4, 0.5) is 19.7 Å². The van der Waals surface area contributed by atoms with E-state index in [2.05, 4.69) is 10.6 Å². The number of primary amides is 1. The normalized spacial score (nSPS) is 18.3. The van der Waals surface area contributed by atoms with Gasteiger partial charge in [-0.25, -0.2) is 18.8 Å². The van der Waals surface area contributed by atoms with E-state index in [-0.39, 0.29) is 29.2 Å². The van der Waals surface area contributed by atoms with Gasteiger partial charge in [-0.15, -0.1) is 0 Å². The summed E-state index contributed by atoms with van der Waals surface area (Å²) in [5.74, 6) is -2.17. The zero-order chi connectivity index (χ0) is 25.3. The molecule has 3 aromatic rings. The Bertz CT molecular complexity index is 1330. The topological polar surface area (TPSA) is 147 Å². The first kappa shape index (κ1) is 24.0. The van der Waals surface area contributed by atoms with Crippen LogP contribution in [0.1, 0.15) is 18.0 Å². The highest BCUT2D eigenvalue weighted by Crippen LogP contribution is 2.28. The summed E-state index contributed by atoms with van der Waals surface area (Å²) in [5, 5.41) is 15.4. The maximum absolute atomic E-state index is 14.3. The van der Waals surface area contributed by atoms with E-state index >= 15 is 0 Å². The molecule has 35 heavy (non-hydrogen) atoms. The minimum Gasteiger partial charge on any atom is -0.479 e. The Morgan fingerprint density at radius 1 is 1.14 bits per heavy atom. The van der Waals surface area contributed by atoms with E-state index in [1.165, 1.54) is 24.4 Å². The lowest BCUT2D eigenvalue weighted by atomic mass is 10.1. The van der Waals surface area contributed by atoms with Crippen LogP contribution in [0, 0.1) is 0 Å². The van der Waals surface area contributed by atoms with Gasteiger partial charge >= 0.3 is 18.0 Å². The van der Waals surface area contributed by atoms with Crippen molar-refractivity contribution in [2.24, 2.45) is 5.73 Å². The van der Waals surface area contributed by atoms with Crippen molar-refractivity contribution in [3.8, 4) is 0 Å². The van der Waals surface area contributed by atoms with Gasteiger partial charge in [-0.05, 0) is 23.8 Å². The molecule has 1 aromatic heterocycles. The number of nitrogens with two attached hydrogens (primary N) is 1. The Balaban J connectivity index is 1.55. The van der Waals surface area contributed by atoms with Crippen molar-refractivity contribution in [1.29, 1.82) is 0 Å². The van der Waals surface area contributed by atoms with E-state index in [1.807, 2.05) is 0 Å². The van der Waals surface area contributed by atoms with Crippen LogP contribution < -0.4 is 16.4 Å². The zero-order valence-electron chi connectivity index (χ0n) is 18.2. The highest BCUT2D eigenvalue weighted by atomic mass is 35.5. The Kier molecular flexibility index (Phi) is 6.61. The molecule has 10 nitrogen and oxygen atoms in total. The molecule has 182 valence electrons. The molecule has 1 saturated heterocycles. The van der Waals surface area contributed by atoms with Gasteiger partial charge in [-0.3, -0.25) is 9.36 Å². The number of amides is 4. The van der Waals surface area contributed by atoms with Crippen LogP contribution in [0.3, 0.4) is 0 Å². The van der Waals surface area contributed by atoms with Crippen molar-refractivity contribution >= 4 is 52.1 Å². The fourth-order valence-electron chi connectivity index (χ4n) is 4.12. The van der Waals surface area contributed by atoms with E-state index < -0.39 is 42.2 Å². The number of rotatable bonds is 5. The standard InChI is InChI=1S/C23H21ClFN5O5/c24-13-5-3-4-12(8-13)19(21(32)33)28-20(31)18-9-14(25)10-30(18)23(35)27-16-11-29(22(26)34)17-7-2-1-6-15(16)17/h1-8,11,14,18-19H,9-10H2,(H2,26,34)(H,27,35)(H,28,31)(H,32,33)/t14-,18+,19?/m1/s1. The van der Waals surface area contributed by atoms with Gasteiger partial charge in [0.1, 0.15) is 12.2 Å². The third-order valence-electron chi connectivity index (χ3n) is 5.72. The van der Waals surface area contributed by atoms with E-state index in [0.717, 1.165) is 9.47 Å². The van der Waals surface area contributed by atoms with E-state index in [9.17, 15) is 28.7 Å². The van der Waals surface area contributed by atoms with Crippen molar-refractivity contribution in [3.63, 3.8) is 0 Å². The molecule has 4 amide bonds. The second-order valence-corrected chi connectivity index (χ2v) is 8.47. The molecule has 1 unspecified atom stereocenters. The van der Waals surface area contributed by atoms with Crippen molar-refractivity contribution in [3.05, 3.63) is 65.3 Å². The number of carbonyl (C=O) groups is 4. The summed E-state index contributed by atoms with van der Waals surface area (Å²) in [5.41, 5.74) is 6.32. The SMILES string of the molecule is NC(=O)n1cc(NC(=O)N2C[C@H](F)C[C@H]2C(=O)NC(C(=O)O)c2cccc(Cl)c2)c2ccccc21. The summed E-state index contributed by atoms with van der Waals surface area (Å²) in [6, 6.07) is 8.43. The number of alkyl halides is 1. The smallest absolute Gasteiger partial charge is 0.330 e. The number of nitrogens with one attached hydrogen (secondary N) is 2. The minimum absolute atomic E-state index is 0.225. The van der Waals surface area contributed by atoms with Crippen molar-refractivity contribution < 1.29 is 28.7 Å². The summed E-state index contributed by atoms with van der Waals surface area (Å²) in [6.45, 7) is -0.368. The van der Waals surface area contributed by atoms with Gasteiger partial charge in [0.05, 0.1) is 17.7 Å². The number of carboxylic acid groups (broad SMARTS) is 1. The molecule has 0 radical (unpaired) electrons. The number of benzene rings is 2. The number of urea groups is 1. The number of aliphatic carboxylic acids is 1. The van der Waals surface area contributed by atoms with Gasteiger partial charge in [0.25, 0.3) is 0 Å². The van der Waals surface area contributed by atoms with Crippen LogP contribution in [0.2, 0.25) is 5.02 Å². The average Bonchev–Trinajstić information content (AvgIpc) is 3.38. The number of halogens is 2. The molecule has 2 aromatic carbocycles. The molecule has 1 aliphatic heterocycles. The minimum atomic E-state index is -1.49. The number of nitrogens with zero attached hydrogens (tertiary/aromatic N) is 2. The largest absolute Gasteiger partial charge is 0.479 e. The molecule has 0 aliphatic carbocycles. The number of hydrogen-bond donors (Lipinski definition) is 4. The van der Waals surface area contributed by atoms with Gasteiger partial charge in [0.2, 0.25) is 5.91 Å². The number of hydrogen-bond acceptors (Lipinski definition) is 4. The summed E-state index contributed by atoms with van der Waals surface area (Å²) >= 11 is 5.93. The first-order valence-corrected chi connectivity index (χ1v) is 10.9. The Morgan fingerprint density at radius 2 is 1.89 bits per heavy atom. The Morgan fingerprint density at radius 3 is 2.57 bits per heavy atom. The number of fused-ring (bicyclic) bond motifs is 1. The van der Waals surface area contributed by atoms with Crippen LogP contribution in [0.25, 0.3) is 10.9 Å². The number of carbonyl (C=O) groups excluding carboxylic acids is 3. The number of carboxylic acids is 1. The van der Waals surface area contributed by atoms with Crippen molar-refractivity contribution in [2.45, 2.75) is 24.7 Å². The summed E-state index contributed by atoms with van der Waals surface area (Å²) in [4.78, 5) is 50.6. The maximum Gasteiger partial charge on any atom is 0.330 e. The molecule has 0 spiro atoms. The molecule has 1 aliphatic rings. The summed E-state index contributed by atoms with van der Waals surface area (Å²) in [7, 11) is 0. The number of likely N-dealkylation sites (tertiary alicyclic amines) is 1. The third-order valence-corrected chi connectivity index (χ3v) is 5.96. The van der Waals surface area contributed by atoms with Crippen molar-refractivity contribution in [2.75, 3.05) is 11.9 Å². The Hall–Kier alpha value is -4.12. The first-order valence-electron chi connectivity index (χ1n) is 10.6. The molecule has 2 heterocycles. The molecular formula is C23H21ClFN5O5. The van der Waals surface area contributed by atoms with Gasteiger partial charge in [0.15, 0.2) is 6.04 Å². The highest BCUT2D eigenvalue weighted by molar-refractivity contribution is 6.30. The highest BCUT2D eigenvalue weighted by Gasteiger charge is 2.41. The van der Waals surface area contributed by atoms with Crippen LogP contribution in [-0.2, 0) is 9.59 Å². The van der Waals surface area contributed by atoms with Gasteiger partial charge < -0.3 is 26.4 Å². The lowest BCUT2D eigenvalue weighted by Crippen LogP contribution is -2.49. The van der Waals surface area contributed by atoms with E-state index in [0.29, 0.717) is 10.9 Å². The van der Waals surface area contributed by atoms with Crippen LogP contribution in [-0.4, -0.2) is 57.3 Å². The quantitative estimate of drug-likeness (QED) is 0.424. The van der Waals surface area contributed by atoms with E-state index in [1.54, 1.807) is 30.3 Å². The van der Waals surface area contributed by atoms with E-state index in [4.69, 9.17) is 17.3 Å². The maximum atomic E-state index is 14.3. The summed E-state index contributed by atoms with van der Waals surface area (Å²) in [6.07, 6.45) is -0.454. The van der Waals surface area contributed by atoms with Gasteiger partial charge in [-0.1, -0.05) is 41.9 Å². The van der Waals surface area contributed by atoms with Gasteiger partial charge in [0, 0.05) is 23.0 Å². The van der Waals surface area contributed by atoms with Crippen LogP contribution in [0.5, 0.6) is 0 Å². The zero-order valence-corrected chi connectivity index (χ0v) is 18.9. The molecule has 5 N–H and O–H groups in total. The van der Waals surface area contributed by atoms with Crippen LogP contribution in [0.15, 0.2) is 54.7 Å². The average molecular weight is 502 g/mol. The molecule has 0 saturated carbocycles. The molecule has 1 fully saturated rings. The van der Waals surface area contributed by atoms with Gasteiger partial charge in [-0.2, -0.15) is 0 Å².